The van der Waals surface area contributed by atoms with Crippen LogP contribution < -0.4 is 49.2 Å². The fourth-order valence-corrected chi connectivity index (χ4v) is 8610. The molecule has 4 unspecified atom stereocenters. The van der Waals surface area contributed by atoms with Crippen molar-refractivity contribution >= 4 is 700 Å². The molecule has 0 saturated heterocycles. The van der Waals surface area contributed by atoms with E-state index in [1.54, 1.807) is 11.1 Å². The van der Waals surface area contributed by atoms with E-state index in [1.807, 2.05) is 0 Å². The number of rotatable bonds is 31. The molecule has 4 heterocycles. The zero-order valence-corrected chi connectivity index (χ0v) is 179. The first kappa shape index (κ1) is 145. The summed E-state index contributed by atoms with van der Waals surface area (Å²) in [5.41, 5.74) is 38.6. The third kappa shape index (κ3) is 33.8. The summed E-state index contributed by atoms with van der Waals surface area (Å²) in [4.78, 5) is 10.6. The van der Waals surface area contributed by atoms with Crippen molar-refractivity contribution < 1.29 is 13.3 Å². The number of nitrogens with zero attached hydrogens (tertiary/aromatic N) is 4. The Morgan fingerprint density at radius 2 is 0.633 bits per heavy atom. The van der Waals surface area contributed by atoms with E-state index in [2.05, 4.69) is 796 Å². The van der Waals surface area contributed by atoms with Crippen LogP contribution in [0.25, 0.3) is 44.5 Å². The third-order valence-electron chi connectivity index (χ3n) is 26.3. The molecule has 2 aliphatic carbocycles. The first-order valence-electron chi connectivity index (χ1n) is 43.0. The second-order valence-corrected chi connectivity index (χ2v) is 1120. The third-order valence-corrected chi connectivity index (χ3v) is 3580. The van der Waals surface area contributed by atoms with Crippen LogP contribution in [0.15, 0.2) is 261 Å². The Morgan fingerprint density at radius 1 is 0.279 bits per heavy atom. The summed E-state index contributed by atoms with van der Waals surface area (Å²) in [7, 11) is -11.4. The number of fused-ring (bicyclic) bond motifs is 10. The molecule has 0 aromatic heterocycles. The molecule has 52 heteroatoms. The van der Waals surface area contributed by atoms with Crippen LogP contribution in [0.4, 0.5) is 56.9 Å². The molecule has 2 fully saturated rings. The Balaban J connectivity index is 0.000000165. The predicted octanol–water partition coefficient (Wildman–Crippen LogP) is 61.8. The normalized spacial score (nSPS) is 19.7. The van der Waals surface area contributed by atoms with E-state index < -0.39 is 174 Å². The summed E-state index contributed by atoms with van der Waals surface area (Å²) in [6, 6.07) is 97.1. The van der Waals surface area contributed by atoms with Crippen LogP contribution >= 0.6 is 620 Å². The zero-order valence-electron chi connectivity index (χ0n) is 77.1. The number of hydrogen-bond acceptors (Lipinski definition) is 4. The molecule has 0 spiro atoms. The molecule has 18 rings (SSSR count). The zero-order chi connectivity index (χ0) is 105. The molecule has 4 aliphatic heterocycles. The summed E-state index contributed by atoms with van der Waals surface area (Å²) in [5.74, 6) is 0. The first-order valence-corrected chi connectivity index (χ1v) is 332. The van der Waals surface area contributed by atoms with Gasteiger partial charge in [-0.25, -0.2) is 0 Å². The average Bonchev–Trinajstić information content (AvgIpc) is 1.50. The van der Waals surface area contributed by atoms with Crippen molar-refractivity contribution in [3.63, 3.8) is 0 Å². The Morgan fingerprint density at radius 3 is 1.07 bits per heavy atom. The van der Waals surface area contributed by atoms with Crippen molar-refractivity contribution in [1.29, 1.82) is 0 Å². The van der Waals surface area contributed by atoms with E-state index in [9.17, 15) is 0 Å². The van der Waals surface area contributed by atoms with E-state index in [0.29, 0.717) is 13.3 Å². The van der Waals surface area contributed by atoms with Gasteiger partial charge in [0, 0.05) is 67.7 Å². The summed E-state index contributed by atoms with van der Waals surface area (Å²) >= 11 is 78.9. The Labute approximate surface area is 1190 Å². The van der Waals surface area contributed by atoms with Gasteiger partial charge in [-0.1, -0.05) is 235 Å². The number of anilines is 10. The van der Waals surface area contributed by atoms with Crippen molar-refractivity contribution in [2.75, 3.05) is 19.6 Å². The fourth-order valence-electron chi connectivity index (χ4n) is 20.5. The van der Waals surface area contributed by atoms with Crippen LogP contribution in [0.1, 0.15) is 131 Å². The molecule has 0 bridgehead atoms. The Kier molecular flexibility index (Phi) is 66.6. The summed E-state index contributed by atoms with van der Waals surface area (Å²) in [5, 5.41) is 0. The van der Waals surface area contributed by atoms with Gasteiger partial charge in [0.25, 0.3) is 6.71 Å². The van der Waals surface area contributed by atoms with Gasteiger partial charge in [0.05, 0.1) is 11.1 Å². The van der Waals surface area contributed by atoms with E-state index in [-0.39, 0.29) is 36.0 Å². The van der Waals surface area contributed by atoms with Gasteiger partial charge in [0.2, 0.25) is 0 Å². The van der Waals surface area contributed by atoms with Crippen molar-refractivity contribution in [3.8, 4) is 44.5 Å². The summed E-state index contributed by atoms with van der Waals surface area (Å²) in [6.45, 7) is 24.3. The van der Waals surface area contributed by atoms with Gasteiger partial charge < -0.3 is 19.6 Å². The van der Waals surface area contributed by atoms with Gasteiger partial charge in [-0.05, 0) is 260 Å². The summed E-state index contributed by atoms with van der Waals surface area (Å²) < 4.78 is 0. The van der Waals surface area contributed by atoms with Crippen molar-refractivity contribution in [3.05, 3.63) is 305 Å². The van der Waals surface area contributed by atoms with E-state index >= 15 is 0 Å². The van der Waals surface area contributed by atoms with Crippen LogP contribution in [0, 0.1) is 41.5 Å². The van der Waals surface area contributed by atoms with Gasteiger partial charge in [0.1, 0.15) is 0 Å². The predicted molar refractivity (Wildman–Crippen MR) is 1070 cm³/mol. The fraction of sp³-hybridized carbons (Fsp3) is 0.242. The average molecular weight is 7270 g/mol. The second kappa shape index (κ2) is 67.7. The van der Waals surface area contributed by atoms with Crippen molar-refractivity contribution in [1.82, 2.24) is 0 Å². The Bertz CT molecular complexity index is 6530. The van der Waals surface area contributed by atoms with Crippen LogP contribution in [-0.4, -0.2) is 17.8 Å². The molecule has 2 saturated carbocycles. The molecule has 0 radical (unpaired) electrons. The van der Waals surface area contributed by atoms with E-state index in [0.717, 1.165) is 11.4 Å². The van der Waals surface area contributed by atoms with Crippen LogP contribution in [0.2, 0.25) is 0 Å². The van der Waals surface area contributed by atoms with Crippen molar-refractivity contribution in [2.24, 2.45) is 0 Å². The number of benzene rings is 12. The monoisotopic (exact) mass is 7270 g/mol. The van der Waals surface area contributed by atoms with Gasteiger partial charge in [0.15, 0.2) is 0 Å². The van der Waals surface area contributed by atoms with Crippen LogP contribution in [-0.2, 0) is 10.8 Å². The molecule has 0 amide bonds. The summed E-state index contributed by atoms with van der Waals surface area (Å²) in [6.07, 6.45) is 9.99. The second-order valence-electron chi connectivity index (χ2n) is 34.3. The standard InChI is InChI=1S/C47H43BN2.C47H46N2.CH4.I47/c1-30-25-40-44-41(26-30)50-45-42(46(4)23-12-13-24-47(46,50)5)31(2)27-32(3)43(45)48(44)38-22-21-36(34-17-10-7-11-18-34)29-39(38)49(40)37-20-14-19-35(28-37)33-15-8-6-9-16-33;1-33-26-35(3)45-44(29-33)49(47(5)25-13-12-24-46(45,47)4)43-28-34(2)27-42(32-43)48(40-22-14-20-38(30-40)36-16-8-6-9-17-36)41-23-15-21-39(31-41)37-18-10-7-11-19-37;;1-25-27(4)29(6)31(8)33(10)35(12)37(14)39(16)41(18)43(20)45(22)47(24)46(23)44(21)42(19)40(17)38(15)36(13)34(11)32(9)30(7)28(5)26(2)3/h6-11,14-22,25-29H,12-13,23-24H2,1-5H3;6-11,14-23,26-32H,12-13,24-25H2,1-5H3;1H4;/q;;;-1. The molecule has 12 aromatic rings. The SMILES string of the molecule is C.Cc1cc(N(c2cccc(-c3ccccc3)c2)c2cccc(-c3ccccc3)c2)cc(N2c3cc(C)cc(C)c3C3(C)CCCCC23C)c1.Cc1cc2c3c(c1)N1c4c(c(C)cc(C)c4C4(C)CCCCC14C)B3c1ccc(-c3ccccc3)cc1N2c1cccc(-c2ccccc2)c1.I[I-]I(I)I(I)I(I)I(I)I(I)I(I)I(I)I(I)I(I)I(I)I(I)I(I)I(I)I(I)I(I)I(I)I(I)I(I)I(I)I(I)I(I)I(I)I. The van der Waals surface area contributed by atoms with Gasteiger partial charge in [-0.15, -0.1) is 0 Å². The molecular formula is C95H93BI47N4-. The quantitative estimate of drug-likeness (QED) is 0.0317. The molecular weight excluding hydrogens is 7170 g/mol. The molecule has 826 valence electrons. The van der Waals surface area contributed by atoms with Crippen LogP contribution in [0.3, 0.4) is 0 Å². The molecule has 0 N–H and O–H groups in total. The minimum absolute atomic E-state index is 0. The van der Waals surface area contributed by atoms with Gasteiger partial charge in [-0.2, -0.15) is 0 Å². The van der Waals surface area contributed by atoms with Crippen molar-refractivity contribution in [2.45, 2.75) is 150 Å². The molecule has 4 nitrogen and oxygen atoms in total. The van der Waals surface area contributed by atoms with Crippen LogP contribution in [0.5, 0.6) is 0 Å². The van der Waals surface area contributed by atoms with Gasteiger partial charge in [-0.3, -0.25) is 0 Å². The minimum atomic E-state index is -0.565. The molecule has 12 aromatic carbocycles. The maximum absolute atomic E-state index is 3.38. The number of aryl methyl sites for hydroxylation is 6. The molecule has 6 aliphatic rings. The molecule has 4 atom stereocenters. The van der Waals surface area contributed by atoms with E-state index in [4.69, 9.17) is 0 Å². The topological polar surface area (TPSA) is 13.0 Å². The molecule has 147 heavy (non-hydrogen) atoms. The maximum atomic E-state index is 3.38. The number of halogens is 47. The first-order chi connectivity index (χ1) is 69.4. The van der Waals surface area contributed by atoms with E-state index in [1.165, 1.54) is 191 Å². The number of hydrogen-bond donors (Lipinski definition) is 0. The Hall–Kier alpha value is 24.2. The van der Waals surface area contributed by atoms with Gasteiger partial charge >= 0.3 is 634 Å².